The number of likely N-dealkylation sites (tertiary alicyclic amines) is 1. The lowest BCUT2D eigenvalue weighted by Crippen LogP contribution is -2.44. The first-order valence-electron chi connectivity index (χ1n) is 6.80. The van der Waals surface area contributed by atoms with Crippen LogP contribution < -0.4 is 5.73 Å². The average molecular weight is 247 g/mol. The molecule has 100 valence electrons. The van der Waals surface area contributed by atoms with E-state index in [1.165, 1.54) is 37.1 Å². The van der Waals surface area contributed by atoms with Crippen molar-refractivity contribution < 1.29 is 0 Å². The summed E-state index contributed by atoms with van der Waals surface area (Å²) in [5.74, 6) is 0. The third-order valence-electron chi connectivity index (χ3n) is 3.94. The number of piperidine rings is 1. The predicted octanol–water partition coefficient (Wildman–Crippen LogP) is 2.10. The molecule has 1 atom stereocenters. The third-order valence-corrected chi connectivity index (χ3v) is 3.94. The number of anilines is 1. The van der Waals surface area contributed by atoms with Gasteiger partial charge in [-0.3, -0.25) is 4.90 Å². The van der Waals surface area contributed by atoms with Crippen molar-refractivity contribution >= 4 is 5.69 Å². The molecule has 1 aromatic rings. The van der Waals surface area contributed by atoms with Crippen molar-refractivity contribution in [1.82, 2.24) is 9.80 Å². The van der Waals surface area contributed by atoms with Crippen LogP contribution in [0.4, 0.5) is 5.69 Å². The zero-order valence-corrected chi connectivity index (χ0v) is 11.8. The zero-order chi connectivity index (χ0) is 13.1. The van der Waals surface area contributed by atoms with Gasteiger partial charge in [0.2, 0.25) is 0 Å². The lowest BCUT2D eigenvalue weighted by Gasteiger charge is -2.36. The summed E-state index contributed by atoms with van der Waals surface area (Å²) in [7, 11) is 4.42. The molecule has 1 aliphatic rings. The van der Waals surface area contributed by atoms with Gasteiger partial charge in [-0.25, -0.2) is 0 Å². The Balaban J connectivity index is 2.01. The maximum Gasteiger partial charge on any atom is 0.0359 e. The van der Waals surface area contributed by atoms with Crippen molar-refractivity contribution in [3.05, 3.63) is 29.3 Å². The molecule has 3 heteroatoms. The highest BCUT2D eigenvalue weighted by atomic mass is 15.2. The molecular weight excluding hydrogens is 222 g/mol. The van der Waals surface area contributed by atoms with Crippen molar-refractivity contribution in [1.29, 1.82) is 0 Å². The Hall–Kier alpha value is -1.06. The second-order valence-corrected chi connectivity index (χ2v) is 5.68. The first-order valence-corrected chi connectivity index (χ1v) is 6.80. The minimum atomic E-state index is 0.656. The van der Waals surface area contributed by atoms with E-state index in [0.29, 0.717) is 6.04 Å². The highest BCUT2D eigenvalue weighted by Gasteiger charge is 2.21. The highest BCUT2D eigenvalue weighted by molar-refractivity contribution is 5.48. The van der Waals surface area contributed by atoms with E-state index in [1.807, 2.05) is 6.07 Å². The van der Waals surface area contributed by atoms with Crippen LogP contribution in [0.5, 0.6) is 0 Å². The molecular formula is C15H25N3. The summed E-state index contributed by atoms with van der Waals surface area (Å²) in [6.07, 6.45) is 2.60. The minimum Gasteiger partial charge on any atom is -0.398 e. The number of nitrogens with two attached hydrogens (primary N) is 1. The number of nitrogen functional groups attached to an aromatic ring is 1. The second-order valence-electron chi connectivity index (χ2n) is 5.68. The van der Waals surface area contributed by atoms with Gasteiger partial charge in [0.1, 0.15) is 0 Å². The van der Waals surface area contributed by atoms with Crippen molar-refractivity contribution in [2.24, 2.45) is 0 Å². The smallest absolute Gasteiger partial charge is 0.0359 e. The van der Waals surface area contributed by atoms with Gasteiger partial charge in [-0.15, -0.1) is 0 Å². The molecule has 1 unspecified atom stereocenters. The van der Waals surface area contributed by atoms with E-state index in [0.717, 1.165) is 12.2 Å². The van der Waals surface area contributed by atoms with E-state index < -0.39 is 0 Å². The molecule has 18 heavy (non-hydrogen) atoms. The Kier molecular flexibility index (Phi) is 4.25. The monoisotopic (exact) mass is 247 g/mol. The molecule has 2 N–H and O–H groups in total. The number of hydrogen-bond donors (Lipinski definition) is 1. The van der Waals surface area contributed by atoms with Crippen molar-refractivity contribution in [3.63, 3.8) is 0 Å². The van der Waals surface area contributed by atoms with Gasteiger partial charge in [0.15, 0.2) is 0 Å². The van der Waals surface area contributed by atoms with E-state index in [4.69, 9.17) is 5.73 Å². The predicted molar refractivity (Wildman–Crippen MR) is 77.6 cm³/mol. The summed E-state index contributed by atoms with van der Waals surface area (Å²) < 4.78 is 0. The van der Waals surface area contributed by atoms with Crippen molar-refractivity contribution in [3.8, 4) is 0 Å². The largest absolute Gasteiger partial charge is 0.398 e. The fourth-order valence-electron chi connectivity index (χ4n) is 2.77. The molecule has 0 spiro atoms. The number of aryl methyl sites for hydroxylation is 1. The van der Waals surface area contributed by atoms with Gasteiger partial charge in [0.25, 0.3) is 0 Å². The SMILES string of the molecule is Cc1ccc(N)c(CN(C)C2CCCN(C)C2)c1. The molecule has 1 aliphatic heterocycles. The molecule has 1 saturated heterocycles. The Labute approximate surface area is 111 Å². The van der Waals surface area contributed by atoms with Crippen molar-refractivity contribution in [2.45, 2.75) is 32.4 Å². The van der Waals surface area contributed by atoms with E-state index in [-0.39, 0.29) is 0 Å². The topological polar surface area (TPSA) is 32.5 Å². The fourth-order valence-corrected chi connectivity index (χ4v) is 2.77. The number of hydrogen-bond acceptors (Lipinski definition) is 3. The summed E-state index contributed by atoms with van der Waals surface area (Å²) in [6, 6.07) is 6.96. The Morgan fingerprint density at radius 1 is 1.44 bits per heavy atom. The molecule has 0 bridgehead atoms. The van der Waals surface area contributed by atoms with E-state index in [2.05, 4.69) is 43.0 Å². The molecule has 0 amide bonds. The quantitative estimate of drug-likeness (QED) is 0.830. The van der Waals surface area contributed by atoms with Crippen LogP contribution in [-0.4, -0.2) is 43.0 Å². The Morgan fingerprint density at radius 3 is 2.94 bits per heavy atom. The van der Waals surface area contributed by atoms with Crippen LogP contribution in [0.15, 0.2) is 18.2 Å². The normalized spacial score (nSPS) is 21.4. The standard InChI is InChI=1S/C15H25N3/c1-12-6-7-15(16)13(9-12)10-18(3)14-5-4-8-17(2)11-14/h6-7,9,14H,4-5,8,10-11,16H2,1-3H3. The lowest BCUT2D eigenvalue weighted by atomic mass is 10.0. The molecule has 0 aromatic heterocycles. The first kappa shape index (κ1) is 13.4. The van der Waals surface area contributed by atoms with Crippen LogP contribution in [0, 0.1) is 6.92 Å². The number of benzene rings is 1. The van der Waals surface area contributed by atoms with Gasteiger partial charge < -0.3 is 10.6 Å². The van der Waals surface area contributed by atoms with E-state index in [9.17, 15) is 0 Å². The van der Waals surface area contributed by atoms with Crippen LogP contribution in [0.1, 0.15) is 24.0 Å². The van der Waals surface area contributed by atoms with Crippen LogP contribution in [0.3, 0.4) is 0 Å². The van der Waals surface area contributed by atoms with Crippen LogP contribution in [-0.2, 0) is 6.54 Å². The summed E-state index contributed by atoms with van der Waals surface area (Å²) in [5.41, 5.74) is 9.51. The summed E-state index contributed by atoms with van der Waals surface area (Å²) >= 11 is 0. The van der Waals surface area contributed by atoms with Crippen LogP contribution >= 0.6 is 0 Å². The summed E-state index contributed by atoms with van der Waals surface area (Å²) in [4.78, 5) is 4.87. The lowest BCUT2D eigenvalue weighted by molar-refractivity contribution is 0.129. The Morgan fingerprint density at radius 2 is 2.22 bits per heavy atom. The van der Waals surface area contributed by atoms with Gasteiger partial charge in [-0.2, -0.15) is 0 Å². The molecule has 0 radical (unpaired) electrons. The van der Waals surface area contributed by atoms with Crippen LogP contribution in [0.2, 0.25) is 0 Å². The van der Waals surface area contributed by atoms with E-state index in [1.54, 1.807) is 0 Å². The first-order chi connectivity index (χ1) is 8.56. The van der Waals surface area contributed by atoms with Gasteiger partial charge >= 0.3 is 0 Å². The van der Waals surface area contributed by atoms with Gasteiger partial charge in [-0.1, -0.05) is 17.7 Å². The maximum atomic E-state index is 6.06. The number of likely N-dealkylation sites (N-methyl/N-ethyl adjacent to an activating group) is 2. The molecule has 1 aromatic carbocycles. The average Bonchev–Trinajstić information content (AvgIpc) is 2.34. The van der Waals surface area contributed by atoms with E-state index >= 15 is 0 Å². The zero-order valence-electron chi connectivity index (χ0n) is 11.8. The summed E-state index contributed by atoms with van der Waals surface area (Å²) in [5, 5.41) is 0. The second kappa shape index (κ2) is 5.72. The number of rotatable bonds is 3. The molecule has 2 rings (SSSR count). The van der Waals surface area contributed by atoms with Crippen molar-refractivity contribution in [2.75, 3.05) is 32.9 Å². The number of nitrogens with zero attached hydrogens (tertiary/aromatic N) is 2. The maximum absolute atomic E-state index is 6.06. The minimum absolute atomic E-state index is 0.656. The highest BCUT2D eigenvalue weighted by Crippen LogP contribution is 2.19. The fraction of sp³-hybridized carbons (Fsp3) is 0.600. The molecule has 1 fully saturated rings. The molecule has 3 nitrogen and oxygen atoms in total. The van der Waals surface area contributed by atoms with Gasteiger partial charge in [0.05, 0.1) is 0 Å². The van der Waals surface area contributed by atoms with Crippen LogP contribution in [0.25, 0.3) is 0 Å². The van der Waals surface area contributed by atoms with Gasteiger partial charge in [0, 0.05) is 24.8 Å². The molecule has 0 aliphatic carbocycles. The molecule has 0 saturated carbocycles. The molecule has 1 heterocycles. The van der Waals surface area contributed by atoms with Gasteiger partial charge in [-0.05, 0) is 52.0 Å². The summed E-state index contributed by atoms with van der Waals surface area (Å²) in [6.45, 7) is 5.47. The third kappa shape index (κ3) is 3.24. The Bertz CT molecular complexity index is 403.